The van der Waals surface area contributed by atoms with Crippen molar-refractivity contribution in [2.75, 3.05) is 12.4 Å². The van der Waals surface area contributed by atoms with Gasteiger partial charge in [0, 0.05) is 5.75 Å². The summed E-state index contributed by atoms with van der Waals surface area (Å²) in [5.41, 5.74) is 2.34. The van der Waals surface area contributed by atoms with Gasteiger partial charge in [0.1, 0.15) is 12.4 Å². The fourth-order valence-corrected chi connectivity index (χ4v) is 2.93. The summed E-state index contributed by atoms with van der Waals surface area (Å²) in [6.45, 7) is 4.44. The lowest BCUT2D eigenvalue weighted by Crippen LogP contribution is -2.37. The minimum atomic E-state index is -0.0144. The van der Waals surface area contributed by atoms with Gasteiger partial charge < -0.3 is 10.1 Å². The summed E-state index contributed by atoms with van der Waals surface area (Å²) >= 11 is 1.62. The van der Waals surface area contributed by atoms with Crippen molar-refractivity contribution in [1.29, 1.82) is 0 Å². The first-order chi connectivity index (χ1) is 11.1. The fraction of sp³-hybridized carbons (Fsp3) is 0.316. The van der Waals surface area contributed by atoms with Gasteiger partial charge >= 0.3 is 0 Å². The van der Waals surface area contributed by atoms with Crippen LogP contribution in [0.2, 0.25) is 0 Å². The molecule has 0 aliphatic heterocycles. The Labute approximate surface area is 142 Å². The molecule has 0 saturated carbocycles. The molecule has 0 heterocycles. The Morgan fingerprint density at radius 2 is 1.83 bits per heavy atom. The third-order valence-corrected chi connectivity index (χ3v) is 4.34. The Morgan fingerprint density at radius 1 is 1.13 bits per heavy atom. The van der Waals surface area contributed by atoms with Crippen LogP contribution in [0.3, 0.4) is 0 Å². The van der Waals surface area contributed by atoms with E-state index in [2.05, 4.69) is 17.4 Å². The second-order valence-corrected chi connectivity index (χ2v) is 6.51. The minimum absolute atomic E-state index is 0.0144. The number of carbonyl (C=O) groups is 1. The Balaban J connectivity index is 1.65. The third kappa shape index (κ3) is 6.37. The Kier molecular flexibility index (Phi) is 7.01. The predicted molar refractivity (Wildman–Crippen MR) is 96.9 cm³/mol. The predicted octanol–water partition coefficient (Wildman–Crippen LogP) is 3.81. The lowest BCUT2D eigenvalue weighted by molar-refractivity contribution is -0.119. The number of carbonyl (C=O) groups excluding carboxylic acids is 1. The molecule has 3 nitrogen and oxygen atoms in total. The summed E-state index contributed by atoms with van der Waals surface area (Å²) in [5, 5.41) is 2.97. The summed E-state index contributed by atoms with van der Waals surface area (Å²) in [6.07, 6.45) is 0. The molecule has 0 bridgehead atoms. The van der Waals surface area contributed by atoms with E-state index >= 15 is 0 Å². The molecule has 0 aliphatic rings. The Bertz CT molecular complexity index is 616. The summed E-state index contributed by atoms with van der Waals surface area (Å²) in [4.78, 5) is 11.9. The molecule has 0 saturated heterocycles. The van der Waals surface area contributed by atoms with Crippen LogP contribution < -0.4 is 10.1 Å². The number of amides is 1. The van der Waals surface area contributed by atoms with E-state index in [9.17, 15) is 4.79 Å². The third-order valence-electron chi connectivity index (χ3n) is 3.33. The standard InChI is InChI=1S/C19H23NO2S/c1-15-8-6-7-11-18(15)22-12-16(2)20-19(21)14-23-13-17-9-4-3-5-10-17/h3-11,16H,12-14H2,1-2H3,(H,20,21)/t16-/m0/s1. The maximum atomic E-state index is 11.9. The molecular formula is C19H23NO2S. The second-order valence-electron chi connectivity index (χ2n) is 5.52. The number of hydrogen-bond donors (Lipinski definition) is 1. The number of benzene rings is 2. The van der Waals surface area contributed by atoms with Gasteiger partial charge in [-0.3, -0.25) is 4.79 Å². The summed E-state index contributed by atoms with van der Waals surface area (Å²) in [6, 6.07) is 18.0. The molecule has 4 heteroatoms. The van der Waals surface area contributed by atoms with Gasteiger partial charge in [-0.15, -0.1) is 11.8 Å². The zero-order valence-electron chi connectivity index (χ0n) is 13.6. The molecule has 122 valence electrons. The average molecular weight is 329 g/mol. The van der Waals surface area contributed by atoms with Crippen molar-refractivity contribution in [2.24, 2.45) is 0 Å². The van der Waals surface area contributed by atoms with Crippen molar-refractivity contribution in [3.05, 3.63) is 65.7 Å². The van der Waals surface area contributed by atoms with Gasteiger partial charge in [0.15, 0.2) is 0 Å². The molecule has 1 atom stereocenters. The topological polar surface area (TPSA) is 38.3 Å². The van der Waals surface area contributed by atoms with E-state index in [1.807, 2.05) is 56.3 Å². The molecule has 2 rings (SSSR count). The van der Waals surface area contributed by atoms with Crippen molar-refractivity contribution in [3.63, 3.8) is 0 Å². The van der Waals surface area contributed by atoms with Gasteiger partial charge in [0.05, 0.1) is 11.8 Å². The number of nitrogens with one attached hydrogen (secondary N) is 1. The number of ether oxygens (including phenoxy) is 1. The van der Waals surface area contributed by atoms with Crippen LogP contribution in [-0.4, -0.2) is 24.3 Å². The van der Waals surface area contributed by atoms with Crippen molar-refractivity contribution in [3.8, 4) is 5.75 Å². The summed E-state index contributed by atoms with van der Waals surface area (Å²) < 4.78 is 5.75. The van der Waals surface area contributed by atoms with E-state index in [-0.39, 0.29) is 11.9 Å². The van der Waals surface area contributed by atoms with Crippen LogP contribution in [0.15, 0.2) is 54.6 Å². The fourth-order valence-electron chi connectivity index (χ4n) is 2.13. The first kappa shape index (κ1) is 17.4. The van der Waals surface area contributed by atoms with Crippen molar-refractivity contribution >= 4 is 17.7 Å². The second kappa shape index (κ2) is 9.26. The van der Waals surface area contributed by atoms with E-state index in [0.717, 1.165) is 17.1 Å². The highest BCUT2D eigenvalue weighted by Crippen LogP contribution is 2.16. The highest BCUT2D eigenvalue weighted by atomic mass is 32.2. The molecule has 2 aromatic rings. The minimum Gasteiger partial charge on any atom is -0.491 e. The van der Waals surface area contributed by atoms with Crippen LogP contribution in [-0.2, 0) is 10.5 Å². The van der Waals surface area contributed by atoms with E-state index in [4.69, 9.17) is 4.74 Å². The maximum absolute atomic E-state index is 11.9. The van der Waals surface area contributed by atoms with E-state index < -0.39 is 0 Å². The molecule has 0 spiro atoms. The first-order valence-electron chi connectivity index (χ1n) is 7.74. The molecular weight excluding hydrogens is 306 g/mol. The molecule has 0 aromatic heterocycles. The maximum Gasteiger partial charge on any atom is 0.230 e. The van der Waals surface area contributed by atoms with Crippen LogP contribution in [0, 0.1) is 6.92 Å². The van der Waals surface area contributed by atoms with Crippen molar-refractivity contribution in [1.82, 2.24) is 5.32 Å². The molecule has 23 heavy (non-hydrogen) atoms. The van der Waals surface area contributed by atoms with Crippen LogP contribution in [0.25, 0.3) is 0 Å². The summed E-state index contributed by atoms with van der Waals surface area (Å²) in [7, 11) is 0. The summed E-state index contributed by atoms with van der Waals surface area (Å²) in [5.74, 6) is 2.23. The number of aryl methyl sites for hydroxylation is 1. The molecule has 0 unspecified atom stereocenters. The van der Waals surface area contributed by atoms with Gasteiger partial charge in [-0.05, 0) is 31.0 Å². The van der Waals surface area contributed by atoms with E-state index in [0.29, 0.717) is 12.4 Å². The van der Waals surface area contributed by atoms with Gasteiger partial charge in [0.2, 0.25) is 5.91 Å². The van der Waals surface area contributed by atoms with E-state index in [1.54, 1.807) is 11.8 Å². The molecule has 2 aromatic carbocycles. The number of thioether (sulfide) groups is 1. The zero-order valence-corrected chi connectivity index (χ0v) is 14.4. The number of hydrogen-bond acceptors (Lipinski definition) is 3. The van der Waals surface area contributed by atoms with Crippen LogP contribution in [0.1, 0.15) is 18.1 Å². The first-order valence-corrected chi connectivity index (χ1v) is 8.90. The molecule has 0 radical (unpaired) electrons. The van der Waals surface area contributed by atoms with Gasteiger partial charge in [-0.25, -0.2) is 0 Å². The lowest BCUT2D eigenvalue weighted by Gasteiger charge is -2.16. The van der Waals surface area contributed by atoms with Gasteiger partial charge in [0.25, 0.3) is 0 Å². The molecule has 0 aliphatic carbocycles. The van der Waals surface area contributed by atoms with Gasteiger partial charge in [-0.1, -0.05) is 48.5 Å². The van der Waals surface area contributed by atoms with Gasteiger partial charge in [-0.2, -0.15) is 0 Å². The molecule has 1 amide bonds. The van der Waals surface area contributed by atoms with Crippen molar-refractivity contribution in [2.45, 2.75) is 25.6 Å². The van der Waals surface area contributed by atoms with Crippen molar-refractivity contribution < 1.29 is 9.53 Å². The van der Waals surface area contributed by atoms with Crippen LogP contribution in [0.4, 0.5) is 0 Å². The monoisotopic (exact) mass is 329 g/mol. The quantitative estimate of drug-likeness (QED) is 0.800. The zero-order chi connectivity index (χ0) is 16.5. The Morgan fingerprint density at radius 3 is 2.57 bits per heavy atom. The number of para-hydroxylation sites is 1. The average Bonchev–Trinajstić information content (AvgIpc) is 2.55. The molecule has 1 N–H and O–H groups in total. The molecule has 0 fully saturated rings. The SMILES string of the molecule is Cc1ccccc1OC[C@H](C)NC(=O)CSCc1ccccc1. The van der Waals surface area contributed by atoms with Crippen LogP contribution in [0.5, 0.6) is 5.75 Å². The largest absolute Gasteiger partial charge is 0.491 e. The smallest absolute Gasteiger partial charge is 0.230 e. The lowest BCUT2D eigenvalue weighted by atomic mass is 10.2. The highest BCUT2D eigenvalue weighted by molar-refractivity contribution is 7.99. The van der Waals surface area contributed by atoms with Crippen LogP contribution >= 0.6 is 11.8 Å². The number of rotatable bonds is 8. The normalized spacial score (nSPS) is 11.7. The van der Waals surface area contributed by atoms with E-state index in [1.165, 1.54) is 5.56 Å². The highest BCUT2D eigenvalue weighted by Gasteiger charge is 2.09. The Hall–Kier alpha value is -1.94.